The first-order valence-corrected chi connectivity index (χ1v) is 8.00. The number of thiazole rings is 1. The monoisotopic (exact) mass is 298 g/mol. The van der Waals surface area contributed by atoms with Gasteiger partial charge >= 0.3 is 0 Å². The van der Waals surface area contributed by atoms with Gasteiger partial charge in [0, 0.05) is 17.4 Å². The van der Waals surface area contributed by atoms with Crippen LogP contribution in [0.5, 0.6) is 0 Å². The Morgan fingerprint density at radius 1 is 1.35 bits per heavy atom. The topological polar surface area (TPSA) is 62.2 Å². The molecular weight excluding hydrogens is 272 g/mol. The molecule has 0 atom stereocenters. The molecule has 1 rings (SSSR count). The van der Waals surface area contributed by atoms with Crippen molar-refractivity contribution in [3.05, 3.63) is 16.1 Å². The third-order valence-corrected chi connectivity index (χ3v) is 4.77. The molecule has 5 heteroatoms. The summed E-state index contributed by atoms with van der Waals surface area (Å²) < 4.78 is 0. The highest BCUT2D eigenvalue weighted by atomic mass is 32.1. The van der Waals surface area contributed by atoms with E-state index in [-0.39, 0.29) is 23.3 Å². The van der Waals surface area contributed by atoms with Gasteiger partial charge in [-0.3, -0.25) is 4.79 Å². The molecule has 20 heavy (non-hydrogen) atoms. The zero-order valence-corrected chi connectivity index (χ0v) is 13.9. The van der Waals surface area contributed by atoms with Crippen LogP contribution in [0.25, 0.3) is 0 Å². The third-order valence-electron chi connectivity index (χ3n) is 3.94. The number of nitrogens with zero attached hydrogens (tertiary/aromatic N) is 1. The van der Waals surface area contributed by atoms with Crippen LogP contribution in [0.2, 0.25) is 0 Å². The fourth-order valence-electron chi connectivity index (χ4n) is 2.07. The van der Waals surface area contributed by atoms with E-state index in [0.717, 1.165) is 18.5 Å². The molecule has 1 aromatic rings. The first-order valence-electron chi connectivity index (χ1n) is 7.12. The zero-order chi connectivity index (χ0) is 15.4. The summed E-state index contributed by atoms with van der Waals surface area (Å²) >= 11 is 1.37. The summed E-state index contributed by atoms with van der Waals surface area (Å²) in [6.07, 6.45) is 1.68. The summed E-state index contributed by atoms with van der Waals surface area (Å²) in [4.78, 5) is 17.3. The van der Waals surface area contributed by atoms with Crippen LogP contribution < -0.4 is 5.32 Å². The molecule has 0 spiro atoms. The van der Waals surface area contributed by atoms with Crippen molar-refractivity contribution in [2.45, 2.75) is 52.9 Å². The van der Waals surface area contributed by atoms with Gasteiger partial charge in [-0.1, -0.05) is 34.6 Å². The number of carbonyl (C=O) groups is 1. The normalized spacial score (nSPS) is 12.5. The summed E-state index contributed by atoms with van der Waals surface area (Å²) in [5.74, 6) is -0.0860. The number of nitrogens with one attached hydrogen (secondary N) is 1. The van der Waals surface area contributed by atoms with Crippen molar-refractivity contribution in [2.75, 3.05) is 13.2 Å². The second kappa shape index (κ2) is 6.68. The maximum Gasteiger partial charge on any atom is 0.263 e. The number of aromatic nitrogens is 1. The van der Waals surface area contributed by atoms with E-state index < -0.39 is 0 Å². The van der Waals surface area contributed by atoms with E-state index in [1.807, 2.05) is 13.8 Å². The molecule has 0 bridgehead atoms. The Labute approximate surface area is 125 Å². The summed E-state index contributed by atoms with van der Waals surface area (Å²) in [6, 6.07) is 0. The Morgan fingerprint density at radius 2 is 1.95 bits per heavy atom. The lowest BCUT2D eigenvalue weighted by atomic mass is 9.83. The van der Waals surface area contributed by atoms with Crippen LogP contribution in [0, 0.1) is 5.41 Å². The first-order chi connectivity index (χ1) is 9.29. The Morgan fingerprint density at radius 3 is 2.40 bits per heavy atom. The molecule has 0 saturated heterocycles. The van der Waals surface area contributed by atoms with Crippen LogP contribution in [0.4, 0.5) is 0 Å². The van der Waals surface area contributed by atoms with Crippen LogP contribution in [0.1, 0.15) is 62.8 Å². The molecular formula is C15H26N2O2S. The highest BCUT2D eigenvalue weighted by Gasteiger charge is 2.28. The molecule has 0 radical (unpaired) electrons. The van der Waals surface area contributed by atoms with E-state index in [2.05, 4.69) is 31.1 Å². The second-order valence-corrected chi connectivity index (χ2v) is 7.18. The second-order valence-electron chi connectivity index (χ2n) is 6.33. The fraction of sp³-hybridized carbons (Fsp3) is 0.733. The summed E-state index contributed by atoms with van der Waals surface area (Å²) in [5, 5.41) is 12.5. The molecule has 0 aliphatic carbocycles. The van der Waals surface area contributed by atoms with Gasteiger partial charge < -0.3 is 10.4 Å². The molecule has 4 nitrogen and oxygen atoms in total. The SMILES string of the molecule is CCC(CC)(CO)CNC(=O)c1scnc1C(C)(C)C. The predicted molar refractivity (Wildman–Crippen MR) is 83.2 cm³/mol. The predicted octanol–water partition coefficient (Wildman–Crippen LogP) is 2.97. The number of hydrogen-bond acceptors (Lipinski definition) is 4. The highest BCUT2D eigenvalue weighted by Crippen LogP contribution is 2.28. The molecule has 0 saturated carbocycles. The number of carbonyl (C=O) groups excluding carboxylic acids is 1. The Kier molecular flexibility index (Phi) is 5.71. The molecule has 114 valence electrons. The lowest BCUT2D eigenvalue weighted by molar-refractivity contribution is 0.0852. The Bertz CT molecular complexity index is 437. The van der Waals surface area contributed by atoms with Gasteiger partial charge in [0.25, 0.3) is 5.91 Å². The minimum atomic E-state index is -0.220. The van der Waals surface area contributed by atoms with E-state index in [1.165, 1.54) is 11.3 Å². The standard InChI is InChI=1S/C15H26N2O2S/c1-6-15(7-2,9-18)8-16-13(19)11-12(14(3,4)5)17-10-20-11/h10,18H,6-9H2,1-5H3,(H,16,19). The van der Waals surface area contributed by atoms with Crippen LogP contribution >= 0.6 is 11.3 Å². The molecule has 1 heterocycles. The number of rotatable bonds is 6. The number of hydrogen-bond donors (Lipinski definition) is 2. The van der Waals surface area contributed by atoms with E-state index in [9.17, 15) is 9.90 Å². The first kappa shape index (κ1) is 17.1. The fourth-order valence-corrected chi connectivity index (χ4v) is 2.98. The van der Waals surface area contributed by atoms with Gasteiger partial charge in [0.2, 0.25) is 0 Å². The summed E-state index contributed by atoms with van der Waals surface area (Å²) in [6.45, 7) is 10.8. The lowest BCUT2D eigenvalue weighted by Gasteiger charge is -2.29. The van der Waals surface area contributed by atoms with Gasteiger partial charge in [-0.25, -0.2) is 4.98 Å². The quantitative estimate of drug-likeness (QED) is 0.848. The number of aliphatic hydroxyl groups excluding tert-OH is 1. The molecule has 0 aromatic carbocycles. The minimum absolute atomic E-state index is 0.0860. The highest BCUT2D eigenvalue weighted by molar-refractivity contribution is 7.11. The van der Waals surface area contributed by atoms with E-state index in [4.69, 9.17) is 0 Å². The van der Waals surface area contributed by atoms with E-state index >= 15 is 0 Å². The molecule has 0 aliphatic heterocycles. The number of aliphatic hydroxyl groups is 1. The van der Waals surface area contributed by atoms with Gasteiger partial charge in [0.05, 0.1) is 17.8 Å². The van der Waals surface area contributed by atoms with Gasteiger partial charge in [0.1, 0.15) is 4.88 Å². The third kappa shape index (κ3) is 3.79. The Balaban J connectivity index is 2.81. The largest absolute Gasteiger partial charge is 0.396 e. The van der Waals surface area contributed by atoms with Crippen molar-refractivity contribution in [3.8, 4) is 0 Å². The van der Waals surface area contributed by atoms with Crippen LogP contribution in [0.3, 0.4) is 0 Å². The van der Waals surface area contributed by atoms with Crippen molar-refractivity contribution in [2.24, 2.45) is 5.41 Å². The maximum absolute atomic E-state index is 12.3. The molecule has 0 unspecified atom stereocenters. The van der Waals surface area contributed by atoms with Gasteiger partial charge in [0.15, 0.2) is 0 Å². The van der Waals surface area contributed by atoms with Gasteiger partial charge in [-0.2, -0.15) is 0 Å². The van der Waals surface area contributed by atoms with Crippen LogP contribution in [-0.2, 0) is 5.41 Å². The van der Waals surface area contributed by atoms with Crippen molar-refractivity contribution in [1.29, 1.82) is 0 Å². The van der Waals surface area contributed by atoms with Crippen molar-refractivity contribution in [3.63, 3.8) is 0 Å². The van der Waals surface area contributed by atoms with E-state index in [1.54, 1.807) is 5.51 Å². The zero-order valence-electron chi connectivity index (χ0n) is 13.1. The smallest absolute Gasteiger partial charge is 0.263 e. The summed E-state index contributed by atoms with van der Waals surface area (Å²) in [5.41, 5.74) is 2.19. The average Bonchev–Trinajstić information content (AvgIpc) is 2.90. The van der Waals surface area contributed by atoms with Crippen molar-refractivity contribution in [1.82, 2.24) is 10.3 Å². The van der Waals surface area contributed by atoms with Crippen LogP contribution in [-0.4, -0.2) is 29.1 Å². The number of amides is 1. The molecule has 0 aliphatic rings. The molecule has 2 N–H and O–H groups in total. The molecule has 0 fully saturated rings. The van der Waals surface area contributed by atoms with Crippen molar-refractivity contribution < 1.29 is 9.90 Å². The van der Waals surface area contributed by atoms with E-state index in [0.29, 0.717) is 11.4 Å². The molecule has 1 amide bonds. The molecule has 1 aromatic heterocycles. The maximum atomic E-state index is 12.3. The lowest BCUT2D eigenvalue weighted by Crippen LogP contribution is -2.39. The van der Waals surface area contributed by atoms with Gasteiger partial charge in [-0.05, 0) is 12.8 Å². The average molecular weight is 298 g/mol. The van der Waals surface area contributed by atoms with Crippen LogP contribution in [0.15, 0.2) is 5.51 Å². The Hall–Kier alpha value is -0.940. The minimum Gasteiger partial charge on any atom is -0.396 e. The van der Waals surface area contributed by atoms with Crippen molar-refractivity contribution >= 4 is 17.2 Å². The van der Waals surface area contributed by atoms with Gasteiger partial charge in [-0.15, -0.1) is 11.3 Å². The summed E-state index contributed by atoms with van der Waals surface area (Å²) in [7, 11) is 0.